The smallest absolute Gasteiger partial charge is 0.231 e. The summed E-state index contributed by atoms with van der Waals surface area (Å²) in [5.41, 5.74) is 0.726. The molecule has 0 saturated carbocycles. The van der Waals surface area contributed by atoms with Crippen molar-refractivity contribution in [3.63, 3.8) is 0 Å². The minimum atomic E-state index is -0.578. The number of fused-ring (bicyclic) bond motifs is 1. The van der Waals surface area contributed by atoms with E-state index < -0.39 is 11.6 Å². The van der Waals surface area contributed by atoms with Crippen molar-refractivity contribution < 1.29 is 13.6 Å². The summed E-state index contributed by atoms with van der Waals surface area (Å²) in [6.45, 7) is 1.03. The Hall–Kier alpha value is -1.77. The van der Waals surface area contributed by atoms with Crippen LogP contribution in [-0.4, -0.2) is 24.0 Å². The van der Waals surface area contributed by atoms with E-state index in [1.54, 1.807) is 11.1 Å². The summed E-state index contributed by atoms with van der Waals surface area (Å²) in [5.74, 6) is -0.789. The van der Waals surface area contributed by atoms with Crippen LogP contribution in [0, 0.1) is 15.2 Å². The molecule has 7 heteroatoms. The number of benzene rings is 1. The molecule has 1 aromatic carbocycles. The van der Waals surface area contributed by atoms with Crippen molar-refractivity contribution in [3.05, 3.63) is 51.2 Å². The highest BCUT2D eigenvalue weighted by Crippen LogP contribution is 2.29. The summed E-state index contributed by atoms with van der Waals surface area (Å²) >= 11 is 2.11. The average Bonchev–Trinajstić information content (AvgIpc) is 2.50. The first-order valence-electron chi connectivity index (χ1n) is 6.68. The molecule has 2 aromatic rings. The highest BCUT2D eigenvalue weighted by molar-refractivity contribution is 14.1. The van der Waals surface area contributed by atoms with Gasteiger partial charge in [0.15, 0.2) is 0 Å². The molecule has 0 saturated heterocycles. The molecule has 0 atom stereocenters. The number of halogens is 3. The van der Waals surface area contributed by atoms with Crippen molar-refractivity contribution in [2.75, 3.05) is 23.3 Å². The quantitative estimate of drug-likeness (QED) is 0.768. The number of anilines is 2. The number of rotatable bonds is 2. The van der Waals surface area contributed by atoms with Gasteiger partial charge in [-0.15, -0.1) is 0 Å². The number of hydrogen-bond donors (Lipinski definition) is 1. The van der Waals surface area contributed by atoms with E-state index in [1.807, 2.05) is 6.07 Å². The Bertz CT molecular complexity index is 739. The predicted octanol–water partition coefficient (Wildman–Crippen LogP) is 2.97. The van der Waals surface area contributed by atoms with E-state index in [0.29, 0.717) is 24.6 Å². The lowest BCUT2D eigenvalue weighted by molar-refractivity contribution is -0.118. The van der Waals surface area contributed by atoms with Crippen LogP contribution >= 0.6 is 22.6 Å². The molecule has 1 N–H and O–H groups in total. The molecule has 4 nitrogen and oxygen atoms in total. The lowest BCUT2D eigenvalue weighted by atomic mass is 10.1. The molecular weight excluding hydrogens is 403 g/mol. The van der Waals surface area contributed by atoms with Gasteiger partial charge in [-0.05, 0) is 46.9 Å². The first-order chi connectivity index (χ1) is 10.5. The minimum Gasteiger partial charge on any atom is -0.367 e. The van der Waals surface area contributed by atoms with Crippen LogP contribution in [0.1, 0.15) is 5.56 Å². The van der Waals surface area contributed by atoms with Crippen LogP contribution in [0.3, 0.4) is 0 Å². The topological polar surface area (TPSA) is 45.2 Å². The lowest BCUT2D eigenvalue weighted by Gasteiger charge is -2.29. The van der Waals surface area contributed by atoms with Crippen molar-refractivity contribution in [2.24, 2.45) is 0 Å². The molecule has 1 aliphatic heterocycles. The van der Waals surface area contributed by atoms with Crippen LogP contribution in [0.15, 0.2) is 30.5 Å². The van der Waals surface area contributed by atoms with E-state index in [4.69, 9.17) is 0 Å². The van der Waals surface area contributed by atoms with E-state index >= 15 is 0 Å². The third kappa shape index (κ3) is 3.03. The van der Waals surface area contributed by atoms with Crippen LogP contribution in [-0.2, 0) is 11.2 Å². The second kappa shape index (κ2) is 6.15. The maximum atomic E-state index is 13.7. The summed E-state index contributed by atoms with van der Waals surface area (Å²) in [5, 5.41) is 3.12. The number of carbonyl (C=O) groups excluding carboxylic acids is 1. The van der Waals surface area contributed by atoms with Crippen LogP contribution in [0.25, 0.3) is 0 Å². The Kier molecular flexibility index (Phi) is 4.23. The van der Waals surface area contributed by atoms with Crippen LogP contribution in [0.4, 0.5) is 20.3 Å². The maximum Gasteiger partial charge on any atom is 0.231 e. The molecule has 0 fully saturated rings. The van der Waals surface area contributed by atoms with Gasteiger partial charge in [0, 0.05) is 28.4 Å². The molecule has 0 bridgehead atoms. The highest BCUT2D eigenvalue weighted by atomic mass is 127. The van der Waals surface area contributed by atoms with Crippen molar-refractivity contribution in [2.45, 2.75) is 6.42 Å². The summed E-state index contributed by atoms with van der Waals surface area (Å²) in [6, 6.07) is 4.97. The van der Waals surface area contributed by atoms with Crippen LogP contribution in [0.5, 0.6) is 0 Å². The molecule has 22 heavy (non-hydrogen) atoms. The number of nitrogens with zero attached hydrogens (tertiary/aromatic N) is 2. The van der Waals surface area contributed by atoms with Gasteiger partial charge in [-0.2, -0.15) is 0 Å². The summed E-state index contributed by atoms with van der Waals surface area (Å²) in [6.07, 6.45) is 1.51. The highest BCUT2D eigenvalue weighted by Gasteiger charge is 2.24. The van der Waals surface area contributed by atoms with E-state index in [9.17, 15) is 13.6 Å². The van der Waals surface area contributed by atoms with E-state index in [-0.39, 0.29) is 17.9 Å². The zero-order valence-electron chi connectivity index (χ0n) is 11.4. The van der Waals surface area contributed by atoms with Crippen molar-refractivity contribution in [3.8, 4) is 0 Å². The fraction of sp³-hybridized carbons (Fsp3) is 0.200. The Morgan fingerprint density at radius 2 is 2.18 bits per heavy atom. The van der Waals surface area contributed by atoms with Crippen molar-refractivity contribution in [1.29, 1.82) is 0 Å². The van der Waals surface area contributed by atoms with E-state index in [1.165, 1.54) is 0 Å². The molecule has 0 spiro atoms. The number of carbonyl (C=O) groups is 1. The zero-order valence-corrected chi connectivity index (χ0v) is 13.6. The fourth-order valence-electron chi connectivity index (χ4n) is 2.37. The Morgan fingerprint density at radius 3 is 3.00 bits per heavy atom. The molecule has 1 aromatic heterocycles. The second-order valence-corrected chi connectivity index (χ2v) is 6.15. The number of nitrogens with one attached hydrogen (secondary N) is 1. The third-order valence-corrected chi connectivity index (χ3v) is 3.99. The van der Waals surface area contributed by atoms with Crippen LogP contribution in [0.2, 0.25) is 0 Å². The second-order valence-electron chi connectivity index (χ2n) is 4.91. The molecule has 1 amide bonds. The monoisotopic (exact) mass is 415 g/mol. The zero-order chi connectivity index (χ0) is 15.7. The Labute approximate surface area is 139 Å². The minimum absolute atomic E-state index is 0.0590. The van der Waals surface area contributed by atoms with Crippen LogP contribution < -0.4 is 10.2 Å². The molecule has 0 radical (unpaired) electrons. The lowest BCUT2D eigenvalue weighted by Crippen LogP contribution is -2.40. The van der Waals surface area contributed by atoms with E-state index in [2.05, 4.69) is 32.9 Å². The van der Waals surface area contributed by atoms with Gasteiger partial charge in [0.2, 0.25) is 5.91 Å². The summed E-state index contributed by atoms with van der Waals surface area (Å²) in [4.78, 5) is 18.3. The van der Waals surface area contributed by atoms with Gasteiger partial charge in [-0.3, -0.25) is 4.79 Å². The van der Waals surface area contributed by atoms with Gasteiger partial charge in [-0.25, -0.2) is 13.8 Å². The molecule has 1 aliphatic rings. The number of hydrogen-bond acceptors (Lipinski definition) is 3. The Morgan fingerprint density at radius 1 is 1.36 bits per heavy atom. The summed E-state index contributed by atoms with van der Waals surface area (Å²) in [7, 11) is 0. The average molecular weight is 415 g/mol. The Balaban J connectivity index is 1.88. The number of amides is 1. The van der Waals surface area contributed by atoms with Crippen molar-refractivity contribution in [1.82, 2.24) is 4.98 Å². The van der Waals surface area contributed by atoms with Gasteiger partial charge in [0.25, 0.3) is 0 Å². The normalized spacial score (nSPS) is 13.5. The molecule has 114 valence electrons. The van der Waals surface area contributed by atoms with Crippen molar-refractivity contribution >= 4 is 40.0 Å². The van der Waals surface area contributed by atoms with E-state index in [0.717, 1.165) is 21.8 Å². The fourth-order valence-corrected chi connectivity index (χ4v) is 2.81. The molecule has 3 rings (SSSR count). The summed E-state index contributed by atoms with van der Waals surface area (Å²) < 4.78 is 27.8. The SMILES string of the molecule is O=C(Cc1cc(F)ccc1F)N1CCNc2ncc(I)cc21. The van der Waals surface area contributed by atoms with Gasteiger partial charge in [0.1, 0.15) is 17.5 Å². The number of pyridine rings is 1. The van der Waals surface area contributed by atoms with Gasteiger partial charge < -0.3 is 10.2 Å². The predicted molar refractivity (Wildman–Crippen MR) is 87.9 cm³/mol. The first-order valence-corrected chi connectivity index (χ1v) is 7.76. The largest absolute Gasteiger partial charge is 0.367 e. The maximum absolute atomic E-state index is 13.7. The molecular formula is C15H12F2IN3O. The third-order valence-electron chi connectivity index (χ3n) is 3.40. The first kappa shape index (κ1) is 15.1. The number of aromatic nitrogens is 1. The molecule has 2 heterocycles. The van der Waals surface area contributed by atoms with Gasteiger partial charge in [0.05, 0.1) is 12.1 Å². The van der Waals surface area contributed by atoms with Gasteiger partial charge >= 0.3 is 0 Å². The standard InChI is InChI=1S/C15H12F2IN3O/c16-10-1-2-12(17)9(5-10)6-14(22)21-4-3-19-15-13(21)7-11(18)8-20-15/h1-2,5,7-8H,3-4,6H2,(H,19,20). The van der Waals surface area contributed by atoms with Gasteiger partial charge in [-0.1, -0.05) is 0 Å². The molecule has 0 unspecified atom stereocenters. The molecule has 0 aliphatic carbocycles.